The van der Waals surface area contributed by atoms with Crippen molar-refractivity contribution in [3.05, 3.63) is 40.2 Å². The smallest absolute Gasteiger partial charge is 0.341 e. The number of fused-ring (bicyclic) bond motifs is 1. The molecule has 0 aromatic carbocycles. The predicted molar refractivity (Wildman–Crippen MR) is 88.1 cm³/mol. The summed E-state index contributed by atoms with van der Waals surface area (Å²) in [5.41, 5.74) is 1.54. The summed E-state index contributed by atoms with van der Waals surface area (Å²) in [6, 6.07) is 3.25. The number of thiophene rings is 1. The van der Waals surface area contributed by atoms with Crippen molar-refractivity contribution in [3.8, 4) is 0 Å². The van der Waals surface area contributed by atoms with E-state index in [1.165, 1.54) is 22.5 Å². The minimum absolute atomic E-state index is 0.222. The molecule has 3 rings (SSSR count). The minimum Gasteiger partial charge on any atom is -0.462 e. The predicted octanol–water partition coefficient (Wildman–Crippen LogP) is 3.89. The van der Waals surface area contributed by atoms with Gasteiger partial charge in [0.25, 0.3) is 5.91 Å². The van der Waals surface area contributed by atoms with Crippen molar-refractivity contribution in [2.24, 2.45) is 5.92 Å². The van der Waals surface area contributed by atoms with Gasteiger partial charge in [0.05, 0.1) is 18.4 Å². The molecule has 1 aliphatic carbocycles. The second-order valence-corrected chi connectivity index (χ2v) is 6.81. The van der Waals surface area contributed by atoms with Crippen molar-refractivity contribution >= 4 is 28.2 Å². The molecule has 1 atom stereocenters. The van der Waals surface area contributed by atoms with Gasteiger partial charge in [0, 0.05) is 4.88 Å². The third-order valence-corrected chi connectivity index (χ3v) is 5.13. The van der Waals surface area contributed by atoms with Crippen molar-refractivity contribution in [3.63, 3.8) is 0 Å². The summed E-state index contributed by atoms with van der Waals surface area (Å²) >= 11 is 1.47. The quantitative estimate of drug-likeness (QED) is 0.862. The van der Waals surface area contributed by atoms with Gasteiger partial charge in [-0.3, -0.25) is 4.79 Å². The molecule has 0 fully saturated rings. The van der Waals surface area contributed by atoms with Crippen LogP contribution >= 0.6 is 11.3 Å². The van der Waals surface area contributed by atoms with Gasteiger partial charge in [0.1, 0.15) is 5.00 Å². The van der Waals surface area contributed by atoms with Crippen LogP contribution in [0.1, 0.15) is 51.6 Å². The van der Waals surface area contributed by atoms with E-state index in [0.717, 1.165) is 24.8 Å². The summed E-state index contributed by atoms with van der Waals surface area (Å²) in [5.74, 6) is 0.0888. The van der Waals surface area contributed by atoms with E-state index >= 15 is 0 Å². The summed E-state index contributed by atoms with van der Waals surface area (Å²) in [6.07, 6.45) is 4.27. The van der Waals surface area contributed by atoms with E-state index in [-0.39, 0.29) is 17.6 Å². The molecule has 2 aromatic rings. The molecule has 122 valence electrons. The van der Waals surface area contributed by atoms with E-state index in [9.17, 15) is 9.59 Å². The molecule has 1 amide bonds. The highest BCUT2D eigenvalue weighted by Crippen LogP contribution is 2.40. The standard InChI is InChI=1S/C17H19NO4S/c1-3-21-17(20)14-11-7-6-10(2)9-13(11)23-16(14)18-15(19)12-5-4-8-22-12/h4-5,8,10H,3,6-7,9H2,1-2H3,(H,18,19)/t10-/m1/s1. The molecule has 0 aliphatic heterocycles. The average Bonchev–Trinajstić information content (AvgIpc) is 3.14. The molecule has 0 saturated heterocycles. The van der Waals surface area contributed by atoms with Gasteiger partial charge in [0.2, 0.25) is 0 Å². The fourth-order valence-corrected chi connectivity index (χ4v) is 4.22. The second kappa shape index (κ2) is 6.58. The van der Waals surface area contributed by atoms with Crippen LogP contribution in [0.3, 0.4) is 0 Å². The largest absolute Gasteiger partial charge is 0.462 e. The Morgan fingerprint density at radius 3 is 3.00 bits per heavy atom. The van der Waals surface area contributed by atoms with E-state index in [1.807, 2.05) is 0 Å². The highest BCUT2D eigenvalue weighted by atomic mass is 32.1. The molecule has 1 N–H and O–H groups in total. The number of esters is 1. The minimum atomic E-state index is -0.366. The van der Waals surface area contributed by atoms with Crippen LogP contribution < -0.4 is 5.32 Å². The van der Waals surface area contributed by atoms with Crippen LogP contribution in [-0.2, 0) is 17.6 Å². The maximum absolute atomic E-state index is 12.4. The molecule has 0 radical (unpaired) electrons. The number of anilines is 1. The van der Waals surface area contributed by atoms with E-state index in [2.05, 4.69) is 12.2 Å². The lowest BCUT2D eigenvalue weighted by atomic mass is 9.88. The first-order valence-corrected chi connectivity index (χ1v) is 8.58. The summed E-state index contributed by atoms with van der Waals surface area (Å²) in [5, 5.41) is 3.37. The first-order chi connectivity index (χ1) is 11.1. The molecule has 0 saturated carbocycles. The fourth-order valence-electron chi connectivity index (χ4n) is 2.83. The molecule has 0 bridgehead atoms. The normalized spacial score (nSPS) is 16.7. The zero-order chi connectivity index (χ0) is 16.4. The number of furan rings is 1. The topological polar surface area (TPSA) is 68.5 Å². The SMILES string of the molecule is CCOC(=O)c1c(NC(=O)c2ccco2)sc2c1CC[C@@H](C)C2. The Balaban J connectivity index is 1.95. The van der Waals surface area contributed by atoms with Gasteiger partial charge in [-0.05, 0) is 49.8 Å². The number of hydrogen-bond acceptors (Lipinski definition) is 5. The Kier molecular flexibility index (Phi) is 4.52. The van der Waals surface area contributed by atoms with Gasteiger partial charge in [-0.1, -0.05) is 6.92 Å². The molecular formula is C17H19NO4S. The molecule has 2 aromatic heterocycles. The highest BCUT2D eigenvalue weighted by Gasteiger charge is 2.29. The molecule has 1 aliphatic rings. The first-order valence-electron chi connectivity index (χ1n) is 7.76. The van der Waals surface area contributed by atoms with E-state index in [4.69, 9.17) is 9.15 Å². The highest BCUT2D eigenvalue weighted by molar-refractivity contribution is 7.17. The van der Waals surface area contributed by atoms with Crippen molar-refractivity contribution in [1.29, 1.82) is 0 Å². The van der Waals surface area contributed by atoms with Crippen molar-refractivity contribution in [2.45, 2.75) is 33.1 Å². The van der Waals surface area contributed by atoms with Crippen molar-refractivity contribution in [2.75, 3.05) is 11.9 Å². The van der Waals surface area contributed by atoms with Gasteiger partial charge >= 0.3 is 5.97 Å². The number of rotatable bonds is 4. The zero-order valence-corrected chi connectivity index (χ0v) is 14.0. The van der Waals surface area contributed by atoms with Crippen LogP contribution in [0.15, 0.2) is 22.8 Å². The lowest BCUT2D eigenvalue weighted by molar-refractivity contribution is 0.0526. The Bertz CT molecular complexity index is 717. The lowest BCUT2D eigenvalue weighted by Gasteiger charge is -2.18. The Labute approximate surface area is 138 Å². The molecule has 0 unspecified atom stereocenters. The van der Waals surface area contributed by atoms with Crippen LogP contribution in [0.5, 0.6) is 0 Å². The number of carbonyl (C=O) groups excluding carboxylic acids is 2. The summed E-state index contributed by atoms with van der Waals surface area (Å²) in [6.45, 7) is 4.29. The number of nitrogens with one attached hydrogen (secondary N) is 1. The summed E-state index contributed by atoms with van der Waals surface area (Å²) < 4.78 is 10.3. The van der Waals surface area contributed by atoms with Gasteiger partial charge in [0.15, 0.2) is 5.76 Å². The lowest BCUT2D eigenvalue weighted by Crippen LogP contribution is -2.16. The Morgan fingerprint density at radius 2 is 2.30 bits per heavy atom. The molecule has 2 heterocycles. The Morgan fingerprint density at radius 1 is 1.48 bits per heavy atom. The monoisotopic (exact) mass is 333 g/mol. The summed E-state index contributed by atoms with van der Waals surface area (Å²) in [4.78, 5) is 25.8. The maximum atomic E-state index is 12.4. The van der Waals surface area contributed by atoms with E-state index in [1.54, 1.807) is 19.1 Å². The van der Waals surface area contributed by atoms with Crippen LogP contribution in [-0.4, -0.2) is 18.5 Å². The average molecular weight is 333 g/mol. The third kappa shape index (κ3) is 3.17. The van der Waals surface area contributed by atoms with Gasteiger partial charge < -0.3 is 14.5 Å². The van der Waals surface area contributed by atoms with E-state index < -0.39 is 0 Å². The van der Waals surface area contributed by atoms with Crippen LogP contribution in [0.25, 0.3) is 0 Å². The number of hydrogen-bond donors (Lipinski definition) is 1. The van der Waals surface area contributed by atoms with Gasteiger partial charge in [-0.25, -0.2) is 4.79 Å². The van der Waals surface area contributed by atoms with Gasteiger partial charge in [-0.2, -0.15) is 0 Å². The third-order valence-electron chi connectivity index (χ3n) is 3.96. The molecule has 23 heavy (non-hydrogen) atoms. The molecule has 6 heteroatoms. The van der Waals surface area contributed by atoms with Crippen molar-refractivity contribution < 1.29 is 18.7 Å². The van der Waals surface area contributed by atoms with E-state index in [0.29, 0.717) is 23.1 Å². The molecule has 5 nitrogen and oxygen atoms in total. The van der Waals surface area contributed by atoms with Crippen molar-refractivity contribution in [1.82, 2.24) is 0 Å². The van der Waals surface area contributed by atoms with Gasteiger partial charge in [-0.15, -0.1) is 11.3 Å². The van der Waals surface area contributed by atoms with Crippen LogP contribution in [0.4, 0.5) is 5.00 Å². The molecule has 0 spiro atoms. The molecular weight excluding hydrogens is 314 g/mol. The maximum Gasteiger partial charge on any atom is 0.341 e. The number of carbonyl (C=O) groups is 2. The van der Waals surface area contributed by atoms with Crippen LogP contribution in [0.2, 0.25) is 0 Å². The zero-order valence-electron chi connectivity index (χ0n) is 13.2. The number of amides is 1. The summed E-state index contributed by atoms with van der Waals surface area (Å²) in [7, 11) is 0. The Hall–Kier alpha value is -2.08. The number of ether oxygens (including phenoxy) is 1. The fraction of sp³-hybridized carbons (Fsp3) is 0.412. The second-order valence-electron chi connectivity index (χ2n) is 5.71. The van der Waals surface area contributed by atoms with Crippen LogP contribution in [0, 0.1) is 5.92 Å². The first kappa shape index (κ1) is 15.8.